The molecule has 0 spiro atoms. The Balaban J connectivity index is 2.32. The highest BCUT2D eigenvalue weighted by atomic mass is 16.5. The fourth-order valence-corrected chi connectivity index (χ4v) is 1.26. The van der Waals surface area contributed by atoms with E-state index in [0.717, 1.165) is 37.4 Å². The van der Waals surface area contributed by atoms with Gasteiger partial charge in [0.25, 0.3) is 0 Å². The van der Waals surface area contributed by atoms with Crippen molar-refractivity contribution in [2.24, 2.45) is 5.73 Å². The fraction of sp³-hybridized carbons (Fsp3) is 0.385. The Bertz CT molecular complexity index is 295. The van der Waals surface area contributed by atoms with Gasteiger partial charge in [-0.15, -0.1) is 6.58 Å². The Morgan fingerprint density at radius 1 is 1.31 bits per heavy atom. The first-order valence-corrected chi connectivity index (χ1v) is 5.64. The van der Waals surface area contributed by atoms with Crippen LogP contribution in [-0.2, 0) is 0 Å². The third-order valence-corrected chi connectivity index (χ3v) is 2.16. The largest absolute Gasteiger partial charge is 0.493 e. The van der Waals surface area contributed by atoms with E-state index in [9.17, 15) is 0 Å². The Labute approximate surface area is 97.3 Å². The number of hydrogen-bond donors (Lipinski definition) is 2. The average Bonchev–Trinajstić information content (AvgIpc) is 2.32. The number of ether oxygens (including phenoxy) is 1. The summed E-state index contributed by atoms with van der Waals surface area (Å²) in [5.74, 6) is 0.895. The van der Waals surface area contributed by atoms with Crippen molar-refractivity contribution in [1.29, 1.82) is 0 Å². The second kappa shape index (κ2) is 7.77. The molecule has 0 unspecified atom stereocenters. The fourth-order valence-electron chi connectivity index (χ4n) is 1.26. The van der Waals surface area contributed by atoms with E-state index in [2.05, 4.69) is 11.9 Å². The van der Waals surface area contributed by atoms with Crippen LogP contribution in [0.2, 0.25) is 0 Å². The zero-order chi connectivity index (χ0) is 11.6. The van der Waals surface area contributed by atoms with Crippen molar-refractivity contribution in [1.82, 2.24) is 0 Å². The summed E-state index contributed by atoms with van der Waals surface area (Å²) in [4.78, 5) is 0. The third kappa shape index (κ3) is 4.84. The maximum Gasteiger partial charge on any atom is 0.119 e. The molecule has 16 heavy (non-hydrogen) atoms. The molecule has 0 atom stereocenters. The van der Waals surface area contributed by atoms with Crippen molar-refractivity contribution in [3.63, 3.8) is 0 Å². The molecule has 0 amide bonds. The van der Waals surface area contributed by atoms with Crippen molar-refractivity contribution < 1.29 is 4.74 Å². The topological polar surface area (TPSA) is 47.3 Å². The number of nitrogens with one attached hydrogen (secondary N) is 1. The van der Waals surface area contributed by atoms with Crippen LogP contribution in [0.5, 0.6) is 5.75 Å². The minimum absolute atomic E-state index is 0.684. The Morgan fingerprint density at radius 2 is 2.06 bits per heavy atom. The lowest BCUT2D eigenvalue weighted by Gasteiger charge is -2.07. The summed E-state index contributed by atoms with van der Waals surface area (Å²) in [6, 6.07) is 7.96. The normalized spacial score (nSPS) is 9.81. The van der Waals surface area contributed by atoms with Crippen LogP contribution in [0, 0.1) is 0 Å². The van der Waals surface area contributed by atoms with Gasteiger partial charge in [0.05, 0.1) is 6.61 Å². The van der Waals surface area contributed by atoms with Crippen LogP contribution in [0.4, 0.5) is 5.69 Å². The maximum absolute atomic E-state index is 5.51. The Kier molecular flexibility index (Phi) is 6.11. The SMILES string of the molecule is C=CCCOc1ccc(NCCCN)cc1. The number of nitrogens with two attached hydrogens (primary N) is 1. The molecule has 0 aliphatic carbocycles. The van der Waals surface area contributed by atoms with Crippen molar-refractivity contribution in [3.8, 4) is 5.75 Å². The first kappa shape index (κ1) is 12.6. The zero-order valence-corrected chi connectivity index (χ0v) is 9.61. The van der Waals surface area contributed by atoms with Crippen LogP contribution in [0.25, 0.3) is 0 Å². The summed E-state index contributed by atoms with van der Waals surface area (Å²) < 4.78 is 5.51. The van der Waals surface area contributed by atoms with Gasteiger partial charge in [-0.05, 0) is 43.7 Å². The Morgan fingerprint density at radius 3 is 2.69 bits per heavy atom. The van der Waals surface area contributed by atoms with E-state index >= 15 is 0 Å². The predicted molar refractivity (Wildman–Crippen MR) is 68.9 cm³/mol. The van der Waals surface area contributed by atoms with Gasteiger partial charge in [0.1, 0.15) is 5.75 Å². The van der Waals surface area contributed by atoms with Gasteiger partial charge >= 0.3 is 0 Å². The molecule has 3 heteroatoms. The molecule has 0 saturated carbocycles. The van der Waals surface area contributed by atoms with Gasteiger partial charge in [0, 0.05) is 12.2 Å². The molecule has 1 aromatic carbocycles. The highest BCUT2D eigenvalue weighted by Gasteiger charge is 1.94. The predicted octanol–water partition coefficient (Wildman–Crippen LogP) is 2.40. The van der Waals surface area contributed by atoms with Crippen molar-refractivity contribution in [3.05, 3.63) is 36.9 Å². The standard InChI is InChI=1S/C13H20N2O/c1-2-3-11-16-13-7-5-12(6-8-13)15-10-4-9-14/h2,5-8,15H,1,3-4,9-11,14H2. The molecule has 1 rings (SSSR count). The molecule has 1 aromatic rings. The van der Waals surface area contributed by atoms with Crippen LogP contribution >= 0.6 is 0 Å². The third-order valence-electron chi connectivity index (χ3n) is 2.16. The number of anilines is 1. The Hall–Kier alpha value is -1.48. The number of benzene rings is 1. The molecule has 0 radical (unpaired) electrons. The molecule has 0 saturated heterocycles. The van der Waals surface area contributed by atoms with E-state index in [-0.39, 0.29) is 0 Å². The van der Waals surface area contributed by atoms with Gasteiger partial charge < -0.3 is 15.8 Å². The average molecular weight is 220 g/mol. The molecular formula is C13H20N2O. The summed E-state index contributed by atoms with van der Waals surface area (Å²) in [5, 5.41) is 3.29. The molecular weight excluding hydrogens is 200 g/mol. The van der Waals surface area contributed by atoms with Crippen molar-refractivity contribution in [2.45, 2.75) is 12.8 Å². The zero-order valence-electron chi connectivity index (χ0n) is 9.61. The van der Waals surface area contributed by atoms with Crippen LogP contribution in [-0.4, -0.2) is 19.7 Å². The van der Waals surface area contributed by atoms with Gasteiger partial charge in [-0.2, -0.15) is 0 Å². The molecule has 88 valence electrons. The van der Waals surface area contributed by atoms with E-state index in [0.29, 0.717) is 6.61 Å². The van der Waals surface area contributed by atoms with Crippen LogP contribution < -0.4 is 15.8 Å². The van der Waals surface area contributed by atoms with E-state index < -0.39 is 0 Å². The van der Waals surface area contributed by atoms with Gasteiger partial charge in [-0.1, -0.05) is 6.08 Å². The summed E-state index contributed by atoms with van der Waals surface area (Å²) in [6.07, 6.45) is 3.71. The summed E-state index contributed by atoms with van der Waals surface area (Å²) in [6.45, 7) is 5.96. The maximum atomic E-state index is 5.51. The minimum atomic E-state index is 0.684. The highest BCUT2D eigenvalue weighted by molar-refractivity contribution is 5.46. The first-order valence-electron chi connectivity index (χ1n) is 5.64. The minimum Gasteiger partial charge on any atom is -0.493 e. The summed E-state index contributed by atoms with van der Waals surface area (Å²) in [5.41, 5.74) is 6.52. The smallest absolute Gasteiger partial charge is 0.119 e. The molecule has 0 aliphatic heterocycles. The van der Waals surface area contributed by atoms with E-state index in [4.69, 9.17) is 10.5 Å². The van der Waals surface area contributed by atoms with E-state index in [1.54, 1.807) is 0 Å². The molecule has 0 aliphatic rings. The van der Waals surface area contributed by atoms with Crippen LogP contribution in [0.1, 0.15) is 12.8 Å². The lowest BCUT2D eigenvalue weighted by Crippen LogP contribution is -2.08. The first-order chi connectivity index (χ1) is 7.86. The van der Waals surface area contributed by atoms with Crippen molar-refractivity contribution >= 4 is 5.69 Å². The molecule has 0 fully saturated rings. The molecule has 0 aromatic heterocycles. The number of rotatable bonds is 8. The van der Waals surface area contributed by atoms with Gasteiger partial charge in [-0.3, -0.25) is 0 Å². The van der Waals surface area contributed by atoms with Crippen LogP contribution in [0.15, 0.2) is 36.9 Å². The molecule has 0 bridgehead atoms. The second-order valence-corrected chi connectivity index (χ2v) is 3.52. The van der Waals surface area contributed by atoms with Gasteiger partial charge in [-0.25, -0.2) is 0 Å². The quantitative estimate of drug-likeness (QED) is 0.522. The lowest BCUT2D eigenvalue weighted by atomic mass is 10.3. The van der Waals surface area contributed by atoms with Gasteiger partial charge in [0.2, 0.25) is 0 Å². The van der Waals surface area contributed by atoms with E-state index in [1.807, 2.05) is 30.3 Å². The number of hydrogen-bond acceptors (Lipinski definition) is 3. The summed E-state index contributed by atoms with van der Waals surface area (Å²) >= 11 is 0. The molecule has 0 heterocycles. The second-order valence-electron chi connectivity index (χ2n) is 3.52. The van der Waals surface area contributed by atoms with Crippen molar-refractivity contribution in [2.75, 3.05) is 25.0 Å². The summed E-state index contributed by atoms with van der Waals surface area (Å²) in [7, 11) is 0. The monoisotopic (exact) mass is 220 g/mol. The lowest BCUT2D eigenvalue weighted by molar-refractivity contribution is 0.325. The molecule has 3 nitrogen and oxygen atoms in total. The van der Waals surface area contributed by atoms with Gasteiger partial charge in [0.15, 0.2) is 0 Å². The molecule has 3 N–H and O–H groups in total. The van der Waals surface area contributed by atoms with E-state index in [1.165, 1.54) is 0 Å². The highest BCUT2D eigenvalue weighted by Crippen LogP contribution is 2.15. The van der Waals surface area contributed by atoms with Crippen LogP contribution in [0.3, 0.4) is 0 Å².